The molecule has 0 fully saturated rings. The lowest BCUT2D eigenvalue weighted by Gasteiger charge is -2.00. The standard InChI is InChI=1S/C20H14Cl2N2S/c1-2-13-3-5-14(6-4-13)19-12-25-20(24-19)16(11-23)9-15-7-8-17(21)10-18(15)22/h3-10,12H,2H2,1H3/b16-9-. The third kappa shape index (κ3) is 4.11. The Labute approximate surface area is 161 Å². The average Bonchev–Trinajstić information content (AvgIpc) is 3.11. The zero-order chi connectivity index (χ0) is 17.8. The highest BCUT2D eigenvalue weighted by Crippen LogP contribution is 2.29. The van der Waals surface area contributed by atoms with E-state index in [-0.39, 0.29) is 0 Å². The molecule has 3 aromatic rings. The molecule has 2 aromatic carbocycles. The Hall–Kier alpha value is -2.12. The van der Waals surface area contributed by atoms with Crippen LogP contribution in [-0.2, 0) is 6.42 Å². The second-order valence-corrected chi connectivity index (χ2v) is 7.13. The molecule has 0 unspecified atom stereocenters. The largest absolute Gasteiger partial charge is 0.235 e. The van der Waals surface area contributed by atoms with Crippen molar-refractivity contribution in [2.75, 3.05) is 0 Å². The molecule has 0 N–H and O–H groups in total. The molecule has 2 nitrogen and oxygen atoms in total. The Morgan fingerprint density at radius 1 is 1.20 bits per heavy atom. The number of aryl methyl sites for hydroxylation is 1. The van der Waals surface area contributed by atoms with Gasteiger partial charge >= 0.3 is 0 Å². The van der Waals surface area contributed by atoms with E-state index in [1.807, 2.05) is 5.38 Å². The van der Waals surface area contributed by atoms with Crippen LogP contribution in [0.3, 0.4) is 0 Å². The summed E-state index contributed by atoms with van der Waals surface area (Å²) < 4.78 is 0. The summed E-state index contributed by atoms with van der Waals surface area (Å²) in [7, 11) is 0. The van der Waals surface area contributed by atoms with Gasteiger partial charge in [0.1, 0.15) is 11.1 Å². The Morgan fingerprint density at radius 3 is 2.60 bits per heavy atom. The van der Waals surface area contributed by atoms with Crippen molar-refractivity contribution in [1.29, 1.82) is 5.26 Å². The first-order valence-corrected chi connectivity index (χ1v) is 9.36. The summed E-state index contributed by atoms with van der Waals surface area (Å²) in [6, 6.07) is 15.7. The van der Waals surface area contributed by atoms with Crippen molar-refractivity contribution in [2.45, 2.75) is 13.3 Å². The third-order valence-corrected chi connectivity index (χ3v) is 5.21. The Morgan fingerprint density at radius 2 is 1.96 bits per heavy atom. The van der Waals surface area contributed by atoms with Gasteiger partial charge in [0.05, 0.1) is 11.3 Å². The van der Waals surface area contributed by atoms with Gasteiger partial charge in [-0.05, 0) is 35.8 Å². The van der Waals surface area contributed by atoms with E-state index >= 15 is 0 Å². The van der Waals surface area contributed by atoms with Gasteiger partial charge in [0.15, 0.2) is 0 Å². The molecule has 0 saturated carbocycles. The Kier molecular flexibility index (Phi) is 5.55. The highest BCUT2D eigenvalue weighted by atomic mass is 35.5. The number of nitriles is 1. The number of halogens is 2. The summed E-state index contributed by atoms with van der Waals surface area (Å²) in [6.45, 7) is 2.13. The zero-order valence-corrected chi connectivity index (χ0v) is 15.8. The van der Waals surface area contributed by atoms with E-state index in [0.717, 1.165) is 23.2 Å². The minimum absolute atomic E-state index is 0.477. The van der Waals surface area contributed by atoms with E-state index in [1.54, 1.807) is 24.3 Å². The van der Waals surface area contributed by atoms with Crippen LogP contribution in [0.4, 0.5) is 0 Å². The maximum Gasteiger partial charge on any atom is 0.134 e. The maximum absolute atomic E-state index is 9.51. The van der Waals surface area contributed by atoms with Crippen LogP contribution in [0.1, 0.15) is 23.1 Å². The molecule has 0 amide bonds. The van der Waals surface area contributed by atoms with Crippen molar-refractivity contribution in [2.24, 2.45) is 0 Å². The first-order chi connectivity index (χ1) is 12.1. The summed E-state index contributed by atoms with van der Waals surface area (Å²) >= 11 is 13.6. The van der Waals surface area contributed by atoms with Crippen molar-refractivity contribution in [3.05, 3.63) is 74.0 Å². The van der Waals surface area contributed by atoms with Crippen LogP contribution in [0.25, 0.3) is 22.9 Å². The van der Waals surface area contributed by atoms with Gasteiger partial charge in [-0.15, -0.1) is 11.3 Å². The average molecular weight is 385 g/mol. The Balaban J connectivity index is 1.93. The van der Waals surface area contributed by atoms with Crippen LogP contribution in [0.2, 0.25) is 10.0 Å². The summed E-state index contributed by atoms with van der Waals surface area (Å²) in [5.74, 6) is 0. The molecule has 0 aliphatic carbocycles. The molecule has 5 heteroatoms. The maximum atomic E-state index is 9.51. The first kappa shape index (κ1) is 17.7. The fourth-order valence-corrected chi connectivity index (χ4v) is 3.61. The lowest BCUT2D eigenvalue weighted by Crippen LogP contribution is -1.85. The van der Waals surface area contributed by atoms with Crippen LogP contribution in [0.15, 0.2) is 47.8 Å². The van der Waals surface area contributed by atoms with Crippen LogP contribution in [0, 0.1) is 11.3 Å². The van der Waals surface area contributed by atoms with E-state index in [2.05, 4.69) is 42.2 Å². The van der Waals surface area contributed by atoms with Gasteiger partial charge in [-0.3, -0.25) is 0 Å². The van der Waals surface area contributed by atoms with Crippen LogP contribution >= 0.6 is 34.5 Å². The number of thiazole rings is 1. The molecular weight excluding hydrogens is 371 g/mol. The van der Waals surface area contributed by atoms with Gasteiger partial charge in [-0.2, -0.15) is 5.26 Å². The van der Waals surface area contributed by atoms with E-state index in [1.165, 1.54) is 16.9 Å². The minimum atomic E-state index is 0.477. The highest BCUT2D eigenvalue weighted by Gasteiger charge is 2.10. The zero-order valence-electron chi connectivity index (χ0n) is 13.5. The number of hydrogen-bond acceptors (Lipinski definition) is 3. The van der Waals surface area contributed by atoms with Crippen LogP contribution < -0.4 is 0 Å². The smallest absolute Gasteiger partial charge is 0.134 e. The van der Waals surface area contributed by atoms with Crippen molar-refractivity contribution in [3.63, 3.8) is 0 Å². The molecule has 0 saturated heterocycles. The van der Waals surface area contributed by atoms with Crippen molar-refractivity contribution >= 4 is 46.2 Å². The van der Waals surface area contributed by atoms with E-state index in [4.69, 9.17) is 23.2 Å². The SMILES string of the molecule is CCc1ccc(-c2csc(/C(C#N)=C\c3ccc(Cl)cc3Cl)n2)cc1. The number of allylic oxidation sites excluding steroid dienone is 1. The van der Waals surface area contributed by atoms with E-state index in [9.17, 15) is 5.26 Å². The number of rotatable bonds is 4. The lowest BCUT2D eigenvalue weighted by atomic mass is 10.1. The molecule has 3 rings (SSSR count). The predicted octanol–water partition coefficient (Wildman–Crippen LogP) is 6.74. The quantitative estimate of drug-likeness (QED) is 0.466. The van der Waals surface area contributed by atoms with Gasteiger partial charge < -0.3 is 0 Å². The molecule has 0 aliphatic heterocycles. The number of benzene rings is 2. The molecule has 1 heterocycles. The van der Waals surface area contributed by atoms with E-state index < -0.39 is 0 Å². The van der Waals surface area contributed by atoms with Crippen molar-refractivity contribution < 1.29 is 0 Å². The van der Waals surface area contributed by atoms with Gasteiger partial charge in [0.2, 0.25) is 0 Å². The van der Waals surface area contributed by atoms with Crippen LogP contribution in [0.5, 0.6) is 0 Å². The van der Waals surface area contributed by atoms with Crippen molar-refractivity contribution in [3.8, 4) is 17.3 Å². The monoisotopic (exact) mass is 384 g/mol. The molecular formula is C20H14Cl2N2S. The minimum Gasteiger partial charge on any atom is -0.235 e. The highest BCUT2D eigenvalue weighted by molar-refractivity contribution is 7.11. The predicted molar refractivity (Wildman–Crippen MR) is 107 cm³/mol. The fraction of sp³-hybridized carbons (Fsp3) is 0.100. The lowest BCUT2D eigenvalue weighted by molar-refractivity contribution is 1.14. The molecule has 0 atom stereocenters. The summed E-state index contributed by atoms with van der Waals surface area (Å²) in [6.07, 6.45) is 2.74. The molecule has 0 spiro atoms. The second kappa shape index (κ2) is 7.84. The molecule has 0 radical (unpaired) electrons. The fourth-order valence-electron chi connectivity index (χ4n) is 2.36. The molecule has 1 aromatic heterocycles. The summed E-state index contributed by atoms with van der Waals surface area (Å²) in [5, 5.41) is 13.2. The van der Waals surface area contributed by atoms with Gasteiger partial charge in [0, 0.05) is 21.0 Å². The summed E-state index contributed by atoms with van der Waals surface area (Å²) in [5.41, 5.74) is 4.42. The molecule has 0 bridgehead atoms. The summed E-state index contributed by atoms with van der Waals surface area (Å²) in [4.78, 5) is 4.61. The molecule has 25 heavy (non-hydrogen) atoms. The topological polar surface area (TPSA) is 36.7 Å². The van der Waals surface area contributed by atoms with E-state index in [0.29, 0.717) is 20.6 Å². The van der Waals surface area contributed by atoms with Gasteiger partial charge in [-0.1, -0.05) is 60.5 Å². The normalized spacial score (nSPS) is 11.4. The Bertz CT molecular complexity index is 966. The van der Waals surface area contributed by atoms with Crippen molar-refractivity contribution in [1.82, 2.24) is 4.98 Å². The molecule has 124 valence electrons. The number of nitrogens with zero attached hydrogens (tertiary/aromatic N) is 2. The third-order valence-electron chi connectivity index (χ3n) is 3.78. The van der Waals surface area contributed by atoms with Gasteiger partial charge in [-0.25, -0.2) is 4.98 Å². The molecule has 0 aliphatic rings. The first-order valence-electron chi connectivity index (χ1n) is 7.72. The van der Waals surface area contributed by atoms with Crippen LogP contribution in [-0.4, -0.2) is 4.98 Å². The second-order valence-electron chi connectivity index (χ2n) is 5.42. The number of hydrogen-bond donors (Lipinski definition) is 0. The number of aromatic nitrogens is 1. The van der Waals surface area contributed by atoms with Gasteiger partial charge in [0.25, 0.3) is 0 Å².